The van der Waals surface area contributed by atoms with E-state index >= 15 is 0 Å². The van der Waals surface area contributed by atoms with Crippen molar-refractivity contribution in [2.75, 3.05) is 7.11 Å². The molecule has 0 aliphatic carbocycles. The number of methoxy groups -OCH3 is 1. The Kier molecular flexibility index (Phi) is 5.90. The Morgan fingerprint density at radius 1 is 1.23 bits per heavy atom. The van der Waals surface area contributed by atoms with Gasteiger partial charge in [0, 0.05) is 14.0 Å². The van der Waals surface area contributed by atoms with E-state index < -0.39 is 36.7 Å². The highest BCUT2D eigenvalue weighted by molar-refractivity contribution is 5.66. The van der Waals surface area contributed by atoms with Gasteiger partial charge in [-0.25, -0.2) is 0 Å². The molecule has 1 aliphatic rings. The Bertz CT molecular complexity index is 477. The molecule has 0 saturated carbocycles. The van der Waals surface area contributed by atoms with Gasteiger partial charge in [-0.2, -0.15) is 0 Å². The topological polar surface area (TPSA) is 74.2 Å². The monoisotopic (exact) mass is 310 g/mol. The Balaban J connectivity index is 2.11. The van der Waals surface area contributed by atoms with Gasteiger partial charge < -0.3 is 24.1 Å². The summed E-state index contributed by atoms with van der Waals surface area (Å²) in [6, 6.07) is 9.53. The first-order chi connectivity index (χ1) is 10.5. The van der Waals surface area contributed by atoms with Crippen LogP contribution in [0.2, 0.25) is 0 Å². The molecule has 1 fully saturated rings. The smallest absolute Gasteiger partial charge is 0.303 e. The zero-order chi connectivity index (χ0) is 16.1. The van der Waals surface area contributed by atoms with Gasteiger partial charge in [0.05, 0.1) is 12.7 Å². The normalized spacial score (nSPS) is 31.7. The van der Waals surface area contributed by atoms with Crippen LogP contribution in [0.25, 0.3) is 0 Å². The molecule has 22 heavy (non-hydrogen) atoms. The lowest BCUT2D eigenvalue weighted by Crippen LogP contribution is -2.59. The van der Waals surface area contributed by atoms with Gasteiger partial charge in [0.1, 0.15) is 12.2 Å². The van der Waals surface area contributed by atoms with Crippen LogP contribution in [0.3, 0.4) is 0 Å². The molecule has 1 aromatic carbocycles. The van der Waals surface area contributed by atoms with Crippen molar-refractivity contribution in [3.8, 4) is 0 Å². The molecule has 1 aromatic rings. The van der Waals surface area contributed by atoms with E-state index in [2.05, 4.69) is 0 Å². The summed E-state index contributed by atoms with van der Waals surface area (Å²) < 4.78 is 21.8. The minimum Gasteiger partial charge on any atom is -0.457 e. The number of benzene rings is 1. The van der Waals surface area contributed by atoms with Crippen molar-refractivity contribution < 1.29 is 28.8 Å². The molecular formula is C16H22O6. The van der Waals surface area contributed by atoms with Crippen LogP contribution < -0.4 is 0 Å². The van der Waals surface area contributed by atoms with Crippen molar-refractivity contribution in [3.05, 3.63) is 35.9 Å². The third kappa shape index (κ3) is 4.04. The Morgan fingerprint density at radius 3 is 2.50 bits per heavy atom. The fraction of sp³-hybridized carbons (Fsp3) is 0.562. The van der Waals surface area contributed by atoms with E-state index in [9.17, 15) is 9.90 Å². The fourth-order valence-corrected chi connectivity index (χ4v) is 2.59. The lowest BCUT2D eigenvalue weighted by molar-refractivity contribution is -0.296. The minimum absolute atomic E-state index is 0.272. The van der Waals surface area contributed by atoms with Gasteiger partial charge in [-0.15, -0.1) is 0 Å². The van der Waals surface area contributed by atoms with Crippen LogP contribution in [0.5, 0.6) is 0 Å². The van der Waals surface area contributed by atoms with E-state index in [1.165, 1.54) is 14.0 Å². The Hall–Kier alpha value is -1.47. The standard InChI is InChI=1S/C16H22O6/c1-10-13(19-3)14(22-11(2)17)15(16(18)21-10)20-9-12-7-5-4-6-8-12/h4-8,10,13-16,18H,9H2,1-3H3/t10-,13+,14+,15-,16-/m0/s1. The van der Waals surface area contributed by atoms with Crippen molar-refractivity contribution in [3.63, 3.8) is 0 Å². The first-order valence-corrected chi connectivity index (χ1v) is 7.22. The van der Waals surface area contributed by atoms with Crippen LogP contribution in [0.1, 0.15) is 19.4 Å². The average molecular weight is 310 g/mol. The quantitative estimate of drug-likeness (QED) is 0.825. The summed E-state index contributed by atoms with van der Waals surface area (Å²) in [5.41, 5.74) is 0.948. The van der Waals surface area contributed by atoms with Gasteiger partial charge in [-0.05, 0) is 12.5 Å². The maximum atomic E-state index is 11.4. The van der Waals surface area contributed by atoms with Gasteiger partial charge in [-0.1, -0.05) is 30.3 Å². The highest BCUT2D eigenvalue weighted by Crippen LogP contribution is 2.27. The van der Waals surface area contributed by atoms with Crippen molar-refractivity contribution in [2.45, 2.75) is 51.2 Å². The zero-order valence-electron chi connectivity index (χ0n) is 13.0. The Labute approximate surface area is 129 Å². The first-order valence-electron chi connectivity index (χ1n) is 7.22. The van der Waals surface area contributed by atoms with Crippen molar-refractivity contribution in [2.24, 2.45) is 0 Å². The van der Waals surface area contributed by atoms with E-state index in [0.717, 1.165) is 5.56 Å². The molecule has 0 aromatic heterocycles. The predicted octanol–water partition coefficient (Wildman–Crippen LogP) is 1.26. The number of esters is 1. The number of hydrogen-bond acceptors (Lipinski definition) is 6. The molecule has 122 valence electrons. The molecule has 1 N–H and O–H groups in total. The van der Waals surface area contributed by atoms with Crippen molar-refractivity contribution in [1.29, 1.82) is 0 Å². The fourth-order valence-electron chi connectivity index (χ4n) is 2.59. The summed E-state index contributed by atoms with van der Waals surface area (Å²) in [5, 5.41) is 10.1. The van der Waals surface area contributed by atoms with Gasteiger partial charge in [-0.3, -0.25) is 4.79 Å². The lowest BCUT2D eigenvalue weighted by atomic mass is 9.99. The second kappa shape index (κ2) is 7.69. The maximum Gasteiger partial charge on any atom is 0.303 e. The molecule has 6 heteroatoms. The predicted molar refractivity (Wildman–Crippen MR) is 77.9 cm³/mol. The SMILES string of the molecule is CO[C@H]1[C@@H](OC(C)=O)[C@H](OCc2ccccc2)[C@@H](O)O[C@H]1C. The molecule has 0 unspecified atom stereocenters. The Morgan fingerprint density at radius 2 is 1.91 bits per heavy atom. The molecule has 2 rings (SSSR count). The largest absolute Gasteiger partial charge is 0.457 e. The van der Waals surface area contributed by atoms with Crippen LogP contribution in [0.4, 0.5) is 0 Å². The van der Waals surface area contributed by atoms with Gasteiger partial charge >= 0.3 is 5.97 Å². The number of carbonyl (C=O) groups excluding carboxylic acids is 1. The number of aliphatic hydroxyl groups is 1. The highest BCUT2D eigenvalue weighted by atomic mass is 16.7. The van der Waals surface area contributed by atoms with Crippen molar-refractivity contribution in [1.82, 2.24) is 0 Å². The summed E-state index contributed by atoms with van der Waals surface area (Å²) in [4.78, 5) is 11.4. The molecule has 1 saturated heterocycles. The van der Waals surface area contributed by atoms with Gasteiger partial charge in [0.2, 0.25) is 0 Å². The highest BCUT2D eigenvalue weighted by Gasteiger charge is 2.46. The third-order valence-corrected chi connectivity index (χ3v) is 3.60. The number of carbonyl (C=O) groups is 1. The molecule has 0 spiro atoms. The van der Waals surface area contributed by atoms with E-state index in [1.807, 2.05) is 30.3 Å². The minimum atomic E-state index is -1.19. The number of hydrogen-bond donors (Lipinski definition) is 1. The van der Waals surface area contributed by atoms with Crippen LogP contribution >= 0.6 is 0 Å². The number of rotatable bonds is 5. The summed E-state index contributed by atoms with van der Waals surface area (Å²) in [5.74, 6) is -0.457. The molecule has 1 heterocycles. The van der Waals surface area contributed by atoms with E-state index in [4.69, 9.17) is 18.9 Å². The van der Waals surface area contributed by atoms with Crippen LogP contribution in [-0.2, 0) is 30.3 Å². The van der Waals surface area contributed by atoms with Crippen LogP contribution in [0, 0.1) is 0 Å². The molecule has 5 atom stereocenters. The third-order valence-electron chi connectivity index (χ3n) is 3.60. The molecule has 1 aliphatic heterocycles. The molecule has 0 radical (unpaired) electrons. The van der Waals surface area contributed by atoms with Crippen LogP contribution in [-0.4, -0.2) is 48.9 Å². The molecule has 6 nitrogen and oxygen atoms in total. The number of ether oxygens (including phenoxy) is 4. The number of aliphatic hydroxyl groups excluding tert-OH is 1. The maximum absolute atomic E-state index is 11.4. The lowest BCUT2D eigenvalue weighted by Gasteiger charge is -2.42. The summed E-state index contributed by atoms with van der Waals surface area (Å²) in [7, 11) is 1.51. The molecule has 0 amide bonds. The van der Waals surface area contributed by atoms with Gasteiger partial charge in [0.25, 0.3) is 0 Å². The first kappa shape index (κ1) is 16.9. The van der Waals surface area contributed by atoms with E-state index in [0.29, 0.717) is 0 Å². The summed E-state index contributed by atoms with van der Waals surface area (Å²) in [6.07, 6.45) is -3.65. The van der Waals surface area contributed by atoms with Gasteiger partial charge in [0.15, 0.2) is 12.4 Å². The van der Waals surface area contributed by atoms with Crippen molar-refractivity contribution >= 4 is 5.97 Å². The molecule has 0 bridgehead atoms. The second-order valence-corrected chi connectivity index (χ2v) is 5.27. The van der Waals surface area contributed by atoms with Crippen LogP contribution in [0.15, 0.2) is 30.3 Å². The van der Waals surface area contributed by atoms with E-state index in [1.54, 1.807) is 6.92 Å². The summed E-state index contributed by atoms with van der Waals surface area (Å²) in [6.45, 7) is 3.34. The molecular weight excluding hydrogens is 288 g/mol. The second-order valence-electron chi connectivity index (χ2n) is 5.27. The summed E-state index contributed by atoms with van der Waals surface area (Å²) >= 11 is 0. The van der Waals surface area contributed by atoms with E-state index in [-0.39, 0.29) is 6.61 Å². The zero-order valence-corrected chi connectivity index (χ0v) is 13.0. The average Bonchev–Trinajstić information content (AvgIpc) is 2.47.